The number of hydrogen-bond acceptors (Lipinski definition) is 3. The molecule has 0 amide bonds. The van der Waals surface area contributed by atoms with E-state index < -0.39 is 36.7 Å². The molecule has 0 aliphatic carbocycles. The zero-order valence-electron chi connectivity index (χ0n) is 7.06. The molecule has 0 saturated carbocycles. The van der Waals surface area contributed by atoms with Crippen molar-refractivity contribution in [3.05, 3.63) is 0 Å². The fraction of sp³-hybridized carbons (Fsp3) is 0.500. The van der Waals surface area contributed by atoms with Gasteiger partial charge in [0.15, 0.2) is 0 Å². The maximum atomic E-state index is 10.2. The molecule has 7 heteroatoms. The van der Waals surface area contributed by atoms with Gasteiger partial charge >= 0.3 is 17.9 Å². The molecule has 0 saturated heterocycles. The Bertz CT molecular complexity index is 197. The van der Waals surface area contributed by atoms with Crippen LogP contribution >= 0.6 is 0 Å². The first-order valence-corrected chi connectivity index (χ1v) is 3.10. The molecule has 0 heterocycles. The third-order valence-electron chi connectivity index (χ3n) is 1.19. The SMILES string of the molecule is O=C(O)CC(CC(=O)O)C(=O)O.[Na]. The second-order valence-electron chi connectivity index (χ2n) is 2.23. The molecule has 0 aromatic rings. The van der Waals surface area contributed by atoms with Crippen molar-refractivity contribution in [1.82, 2.24) is 0 Å². The topological polar surface area (TPSA) is 112 Å². The fourth-order valence-electron chi connectivity index (χ4n) is 0.668. The number of rotatable bonds is 5. The quantitative estimate of drug-likeness (QED) is 0.502. The Hall–Kier alpha value is -0.590. The maximum absolute atomic E-state index is 10.2. The monoisotopic (exact) mass is 199 g/mol. The summed E-state index contributed by atoms with van der Waals surface area (Å²) in [4.78, 5) is 30.3. The van der Waals surface area contributed by atoms with Gasteiger partial charge in [-0.05, 0) is 0 Å². The fourth-order valence-corrected chi connectivity index (χ4v) is 0.668. The van der Waals surface area contributed by atoms with Crippen molar-refractivity contribution < 1.29 is 29.7 Å². The molecule has 69 valence electrons. The molecular formula is C6H8NaO6. The predicted molar refractivity (Wildman–Crippen MR) is 41.4 cm³/mol. The van der Waals surface area contributed by atoms with Crippen molar-refractivity contribution in [1.29, 1.82) is 0 Å². The summed E-state index contributed by atoms with van der Waals surface area (Å²) >= 11 is 0. The van der Waals surface area contributed by atoms with Crippen LogP contribution in [-0.4, -0.2) is 62.8 Å². The summed E-state index contributed by atoms with van der Waals surface area (Å²) in [6, 6.07) is 0. The molecular weight excluding hydrogens is 191 g/mol. The molecule has 0 aromatic carbocycles. The summed E-state index contributed by atoms with van der Waals surface area (Å²) in [7, 11) is 0. The average Bonchev–Trinajstić information content (AvgIpc) is 1.83. The van der Waals surface area contributed by atoms with E-state index in [0.29, 0.717) is 0 Å². The molecule has 3 N–H and O–H groups in total. The molecule has 0 unspecified atom stereocenters. The van der Waals surface area contributed by atoms with E-state index >= 15 is 0 Å². The van der Waals surface area contributed by atoms with Crippen molar-refractivity contribution in [2.45, 2.75) is 12.8 Å². The van der Waals surface area contributed by atoms with Gasteiger partial charge < -0.3 is 15.3 Å². The molecule has 6 nitrogen and oxygen atoms in total. The number of hydrogen-bond donors (Lipinski definition) is 3. The van der Waals surface area contributed by atoms with Crippen LogP contribution in [0.4, 0.5) is 0 Å². The van der Waals surface area contributed by atoms with Crippen molar-refractivity contribution in [2.75, 3.05) is 0 Å². The third kappa shape index (κ3) is 7.76. The van der Waals surface area contributed by atoms with Gasteiger partial charge in [0.05, 0.1) is 18.8 Å². The largest absolute Gasteiger partial charge is 0.481 e. The Labute approximate surface area is 95.8 Å². The number of carboxylic acids is 3. The number of carboxylic acid groups (broad SMARTS) is 3. The van der Waals surface area contributed by atoms with Crippen molar-refractivity contribution in [3.63, 3.8) is 0 Å². The molecule has 0 spiro atoms. The zero-order valence-corrected chi connectivity index (χ0v) is 9.06. The summed E-state index contributed by atoms with van der Waals surface area (Å²) in [6.07, 6.45) is -1.33. The summed E-state index contributed by atoms with van der Waals surface area (Å²) in [5.41, 5.74) is 0. The van der Waals surface area contributed by atoms with Gasteiger partial charge in [0.2, 0.25) is 0 Å². The first-order chi connectivity index (χ1) is 5.43. The van der Waals surface area contributed by atoms with Gasteiger partial charge in [-0.15, -0.1) is 0 Å². The Morgan fingerprint density at radius 2 is 1.23 bits per heavy atom. The van der Waals surface area contributed by atoms with E-state index in [1.807, 2.05) is 0 Å². The smallest absolute Gasteiger partial charge is 0.307 e. The first-order valence-electron chi connectivity index (χ1n) is 3.10. The Balaban J connectivity index is 0. The minimum Gasteiger partial charge on any atom is -0.481 e. The minimum absolute atomic E-state index is 0. The minimum atomic E-state index is -1.40. The molecule has 1 radical (unpaired) electrons. The average molecular weight is 199 g/mol. The van der Waals surface area contributed by atoms with Crippen LogP contribution in [0.2, 0.25) is 0 Å². The van der Waals surface area contributed by atoms with Crippen LogP contribution in [-0.2, 0) is 14.4 Å². The second kappa shape index (κ2) is 6.88. The van der Waals surface area contributed by atoms with E-state index in [4.69, 9.17) is 15.3 Å². The van der Waals surface area contributed by atoms with Crippen molar-refractivity contribution in [3.8, 4) is 0 Å². The first kappa shape index (κ1) is 14.9. The Kier molecular flexibility index (Phi) is 7.89. The van der Waals surface area contributed by atoms with E-state index in [1.54, 1.807) is 0 Å². The van der Waals surface area contributed by atoms with E-state index in [9.17, 15) is 14.4 Å². The molecule has 13 heavy (non-hydrogen) atoms. The second-order valence-corrected chi connectivity index (χ2v) is 2.23. The van der Waals surface area contributed by atoms with E-state index in [-0.39, 0.29) is 29.6 Å². The van der Waals surface area contributed by atoms with Gasteiger partial charge in [0.25, 0.3) is 0 Å². The molecule has 0 fully saturated rings. The standard InChI is InChI=1S/C6H8O6.Na/c7-4(8)1-3(6(11)12)2-5(9)10;/h3H,1-2H2,(H,7,8)(H,9,10)(H,11,12);. The maximum Gasteiger partial charge on any atom is 0.307 e. The van der Waals surface area contributed by atoms with Gasteiger partial charge in [0, 0.05) is 29.6 Å². The molecule has 0 atom stereocenters. The van der Waals surface area contributed by atoms with Gasteiger partial charge in [0.1, 0.15) is 0 Å². The molecule has 0 rings (SSSR count). The molecule has 0 bridgehead atoms. The van der Waals surface area contributed by atoms with Gasteiger partial charge in [-0.3, -0.25) is 14.4 Å². The van der Waals surface area contributed by atoms with Crippen molar-refractivity contribution in [2.24, 2.45) is 5.92 Å². The van der Waals surface area contributed by atoms with E-state index in [0.717, 1.165) is 0 Å². The van der Waals surface area contributed by atoms with Gasteiger partial charge in [-0.25, -0.2) is 0 Å². The molecule has 0 aliphatic heterocycles. The normalized spacial score (nSPS) is 9.00. The molecule has 0 aliphatic rings. The van der Waals surface area contributed by atoms with Crippen LogP contribution in [0.5, 0.6) is 0 Å². The Morgan fingerprint density at radius 3 is 1.38 bits per heavy atom. The van der Waals surface area contributed by atoms with Crippen LogP contribution in [0.3, 0.4) is 0 Å². The van der Waals surface area contributed by atoms with Crippen LogP contribution < -0.4 is 0 Å². The van der Waals surface area contributed by atoms with Gasteiger partial charge in [-0.1, -0.05) is 0 Å². The summed E-state index contributed by atoms with van der Waals surface area (Å²) in [6.45, 7) is 0. The Morgan fingerprint density at radius 1 is 0.923 bits per heavy atom. The van der Waals surface area contributed by atoms with Gasteiger partial charge in [-0.2, -0.15) is 0 Å². The zero-order chi connectivity index (χ0) is 9.72. The van der Waals surface area contributed by atoms with Crippen LogP contribution in [0.25, 0.3) is 0 Å². The third-order valence-corrected chi connectivity index (χ3v) is 1.19. The number of carbonyl (C=O) groups is 3. The summed E-state index contributed by atoms with van der Waals surface area (Å²) in [5.74, 6) is -5.38. The summed E-state index contributed by atoms with van der Waals surface area (Å²) < 4.78 is 0. The predicted octanol–water partition coefficient (Wildman–Crippen LogP) is -0.744. The van der Waals surface area contributed by atoms with Crippen molar-refractivity contribution >= 4 is 47.5 Å². The molecule has 0 aromatic heterocycles. The van der Waals surface area contributed by atoms with E-state index in [2.05, 4.69) is 0 Å². The van der Waals surface area contributed by atoms with Crippen LogP contribution in [0, 0.1) is 5.92 Å². The van der Waals surface area contributed by atoms with E-state index in [1.165, 1.54) is 0 Å². The summed E-state index contributed by atoms with van der Waals surface area (Å²) in [5, 5.41) is 24.7. The van der Waals surface area contributed by atoms with Crippen LogP contribution in [0.15, 0.2) is 0 Å². The van der Waals surface area contributed by atoms with Crippen LogP contribution in [0.1, 0.15) is 12.8 Å². The number of aliphatic carboxylic acids is 3.